The van der Waals surface area contributed by atoms with Gasteiger partial charge < -0.3 is 10.4 Å². The number of halogens is 2. The van der Waals surface area contributed by atoms with Gasteiger partial charge in [0.15, 0.2) is 5.75 Å². The van der Waals surface area contributed by atoms with E-state index in [2.05, 4.69) is 5.32 Å². The summed E-state index contributed by atoms with van der Waals surface area (Å²) in [6, 6.07) is 2.43. The fraction of sp³-hybridized carbons (Fsp3) is 0.167. The lowest BCUT2D eigenvalue weighted by Gasteiger charge is -2.06. The molecule has 5 nitrogen and oxygen atoms in total. The van der Waals surface area contributed by atoms with Crippen molar-refractivity contribution in [1.29, 1.82) is 0 Å². The summed E-state index contributed by atoms with van der Waals surface area (Å²) in [4.78, 5) is 24.4. The summed E-state index contributed by atoms with van der Waals surface area (Å²) < 4.78 is 0. The third kappa shape index (κ3) is 2.52. The summed E-state index contributed by atoms with van der Waals surface area (Å²) in [5.41, 5.74) is 0.652. The van der Waals surface area contributed by atoms with Crippen molar-refractivity contribution in [1.82, 2.24) is 10.2 Å². The van der Waals surface area contributed by atoms with Gasteiger partial charge in [0, 0.05) is 6.54 Å². The number of amides is 3. The van der Waals surface area contributed by atoms with Gasteiger partial charge in [-0.2, -0.15) is 0 Å². The highest BCUT2D eigenvalue weighted by Crippen LogP contribution is 2.33. The predicted octanol–water partition coefficient (Wildman–Crippen LogP) is 2.61. The van der Waals surface area contributed by atoms with Gasteiger partial charge in [-0.15, -0.1) is 0 Å². The molecule has 0 saturated carbocycles. The number of hydrogen-bond acceptors (Lipinski definition) is 3. The third-order valence-corrected chi connectivity index (χ3v) is 3.20. The van der Waals surface area contributed by atoms with Crippen molar-refractivity contribution in [3.8, 4) is 5.75 Å². The summed E-state index contributed by atoms with van der Waals surface area (Å²) in [7, 11) is 0. The molecule has 0 aliphatic carbocycles. The first kappa shape index (κ1) is 13.7. The summed E-state index contributed by atoms with van der Waals surface area (Å²) in [6.45, 7) is 1.99. The van der Waals surface area contributed by atoms with E-state index in [0.717, 1.165) is 4.90 Å². The van der Waals surface area contributed by atoms with Crippen molar-refractivity contribution in [2.24, 2.45) is 0 Å². The maximum Gasteiger partial charge on any atom is 0.328 e. The van der Waals surface area contributed by atoms with Gasteiger partial charge in [-0.1, -0.05) is 23.2 Å². The molecule has 1 aliphatic rings. The van der Waals surface area contributed by atoms with Crippen molar-refractivity contribution in [3.05, 3.63) is 33.4 Å². The number of phenolic OH excluding ortho intramolecular Hbond substituents is 1. The van der Waals surface area contributed by atoms with Crippen LogP contribution in [0.1, 0.15) is 12.5 Å². The molecule has 0 unspecified atom stereocenters. The molecule has 0 spiro atoms. The van der Waals surface area contributed by atoms with Crippen LogP contribution in [0.15, 0.2) is 17.8 Å². The Morgan fingerprint density at radius 1 is 1.32 bits per heavy atom. The lowest BCUT2D eigenvalue weighted by atomic mass is 10.2. The number of hydrogen-bond donors (Lipinski definition) is 2. The monoisotopic (exact) mass is 300 g/mol. The summed E-state index contributed by atoms with van der Waals surface area (Å²) >= 11 is 11.6. The fourth-order valence-electron chi connectivity index (χ4n) is 1.69. The molecule has 1 aromatic carbocycles. The Morgan fingerprint density at radius 2 is 1.89 bits per heavy atom. The zero-order valence-corrected chi connectivity index (χ0v) is 11.4. The number of imide groups is 1. The van der Waals surface area contributed by atoms with E-state index in [1.165, 1.54) is 18.2 Å². The number of aromatic hydroxyl groups is 1. The van der Waals surface area contributed by atoms with Gasteiger partial charge in [0.1, 0.15) is 5.70 Å². The Labute approximate surface area is 119 Å². The van der Waals surface area contributed by atoms with E-state index in [1.807, 2.05) is 0 Å². The van der Waals surface area contributed by atoms with Crippen molar-refractivity contribution < 1.29 is 14.7 Å². The first-order valence-corrected chi connectivity index (χ1v) is 6.22. The summed E-state index contributed by atoms with van der Waals surface area (Å²) in [6.07, 6.45) is 1.45. The maximum atomic E-state index is 11.8. The Bertz CT molecular complexity index is 576. The number of phenols is 1. The molecule has 1 aliphatic heterocycles. The molecule has 0 atom stereocenters. The molecule has 1 saturated heterocycles. The SMILES string of the molecule is CCN1C(=O)NC(=Cc2cc(Cl)c(O)c(Cl)c2)C1=O. The zero-order valence-electron chi connectivity index (χ0n) is 9.91. The Kier molecular flexibility index (Phi) is 3.68. The quantitative estimate of drug-likeness (QED) is 0.651. The van der Waals surface area contributed by atoms with Crippen LogP contribution < -0.4 is 5.32 Å². The Hall–Kier alpha value is -1.72. The van der Waals surface area contributed by atoms with Gasteiger partial charge in [-0.25, -0.2) is 4.79 Å². The minimum atomic E-state index is -0.463. The van der Waals surface area contributed by atoms with Crippen LogP contribution in [-0.2, 0) is 4.79 Å². The topological polar surface area (TPSA) is 69.6 Å². The fourth-order valence-corrected chi connectivity index (χ4v) is 2.20. The Balaban J connectivity index is 2.38. The van der Waals surface area contributed by atoms with Crippen molar-refractivity contribution in [2.75, 3.05) is 6.54 Å². The normalized spacial score (nSPS) is 17.2. The van der Waals surface area contributed by atoms with E-state index in [4.69, 9.17) is 23.2 Å². The van der Waals surface area contributed by atoms with Crippen molar-refractivity contribution in [2.45, 2.75) is 6.92 Å². The van der Waals surface area contributed by atoms with Crippen molar-refractivity contribution in [3.63, 3.8) is 0 Å². The molecule has 0 radical (unpaired) electrons. The van der Waals surface area contributed by atoms with E-state index >= 15 is 0 Å². The first-order valence-electron chi connectivity index (χ1n) is 5.46. The summed E-state index contributed by atoms with van der Waals surface area (Å²) in [5.74, 6) is -0.629. The summed E-state index contributed by atoms with van der Waals surface area (Å²) in [5, 5.41) is 12.0. The second kappa shape index (κ2) is 5.11. The largest absolute Gasteiger partial charge is 0.505 e. The van der Waals surface area contributed by atoms with Crippen LogP contribution in [0.2, 0.25) is 10.0 Å². The van der Waals surface area contributed by atoms with E-state index in [9.17, 15) is 14.7 Å². The number of carbonyl (C=O) groups excluding carboxylic acids is 2. The smallest absolute Gasteiger partial charge is 0.328 e. The number of nitrogens with one attached hydrogen (secondary N) is 1. The zero-order chi connectivity index (χ0) is 14.2. The van der Waals surface area contributed by atoms with Crippen molar-refractivity contribution >= 4 is 41.2 Å². The van der Waals surface area contributed by atoms with E-state index in [-0.39, 0.29) is 21.5 Å². The molecular weight excluding hydrogens is 291 g/mol. The van der Waals surface area contributed by atoms with Crippen LogP contribution >= 0.6 is 23.2 Å². The molecule has 19 heavy (non-hydrogen) atoms. The molecule has 100 valence electrons. The standard InChI is InChI=1S/C12H10Cl2N2O3/c1-2-16-11(18)9(15-12(16)19)5-6-3-7(13)10(17)8(14)4-6/h3-5,17H,2H2,1H3,(H,15,19). The molecular formula is C12H10Cl2N2O3. The molecule has 1 heterocycles. The van der Waals surface area contributed by atoms with Crippen LogP contribution in [0, 0.1) is 0 Å². The maximum absolute atomic E-state index is 11.8. The number of nitrogens with zero attached hydrogens (tertiary/aromatic N) is 1. The lowest BCUT2D eigenvalue weighted by molar-refractivity contribution is -0.122. The molecule has 1 fully saturated rings. The average Bonchev–Trinajstić information content (AvgIpc) is 2.61. The van der Waals surface area contributed by atoms with Gasteiger partial charge >= 0.3 is 6.03 Å². The van der Waals surface area contributed by atoms with E-state index in [1.54, 1.807) is 6.92 Å². The van der Waals surface area contributed by atoms with Gasteiger partial charge in [-0.3, -0.25) is 9.69 Å². The van der Waals surface area contributed by atoms with Crippen LogP contribution in [0.25, 0.3) is 6.08 Å². The third-order valence-electron chi connectivity index (χ3n) is 2.63. The average molecular weight is 301 g/mol. The molecule has 0 aromatic heterocycles. The molecule has 7 heteroatoms. The number of benzene rings is 1. The van der Waals surface area contributed by atoms with Gasteiger partial charge in [-0.05, 0) is 30.7 Å². The molecule has 1 aromatic rings. The van der Waals surface area contributed by atoms with Gasteiger partial charge in [0.2, 0.25) is 0 Å². The minimum absolute atomic E-state index is 0.0727. The van der Waals surface area contributed by atoms with Crippen LogP contribution in [0.5, 0.6) is 5.75 Å². The molecule has 2 N–H and O–H groups in total. The van der Waals surface area contributed by atoms with Gasteiger partial charge in [0.05, 0.1) is 10.0 Å². The van der Waals surface area contributed by atoms with E-state index < -0.39 is 11.9 Å². The van der Waals surface area contributed by atoms with Crippen LogP contribution in [0.3, 0.4) is 0 Å². The highest BCUT2D eigenvalue weighted by atomic mass is 35.5. The second-order valence-electron chi connectivity index (χ2n) is 3.87. The minimum Gasteiger partial charge on any atom is -0.505 e. The van der Waals surface area contributed by atoms with Crippen LogP contribution in [0.4, 0.5) is 4.79 Å². The molecule has 2 rings (SSSR count). The number of rotatable bonds is 2. The molecule has 0 bridgehead atoms. The van der Waals surface area contributed by atoms with E-state index in [0.29, 0.717) is 12.1 Å². The highest BCUT2D eigenvalue weighted by Gasteiger charge is 2.31. The Morgan fingerprint density at radius 3 is 2.37 bits per heavy atom. The lowest BCUT2D eigenvalue weighted by Crippen LogP contribution is -2.30. The number of likely N-dealkylation sites (N-methyl/N-ethyl adjacent to an activating group) is 1. The molecule has 3 amide bonds. The van der Waals surface area contributed by atoms with Crippen LogP contribution in [-0.4, -0.2) is 28.5 Å². The number of urea groups is 1. The number of carbonyl (C=O) groups is 2. The highest BCUT2D eigenvalue weighted by molar-refractivity contribution is 6.37. The second-order valence-corrected chi connectivity index (χ2v) is 4.69. The van der Waals surface area contributed by atoms with Gasteiger partial charge in [0.25, 0.3) is 5.91 Å². The predicted molar refractivity (Wildman–Crippen MR) is 72.0 cm³/mol. The first-order chi connectivity index (χ1) is 8.93.